The minimum Gasteiger partial charge on any atom is -0.497 e. The first-order chi connectivity index (χ1) is 8.45. The van der Waals surface area contributed by atoms with Gasteiger partial charge in [-0.1, -0.05) is 0 Å². The summed E-state index contributed by atoms with van der Waals surface area (Å²) in [4.78, 5) is 22.5. The molecule has 0 atom stereocenters. The molecule has 0 fully saturated rings. The Kier molecular flexibility index (Phi) is 4.48. The fraction of sp³-hybridized carbons (Fsp3) is 0.231. The van der Waals surface area contributed by atoms with Gasteiger partial charge in [0.2, 0.25) is 0 Å². The summed E-state index contributed by atoms with van der Waals surface area (Å²) in [5, 5.41) is 11.3. The number of carboxylic acid groups (broad SMARTS) is 1. The second kappa shape index (κ2) is 5.86. The van der Waals surface area contributed by atoms with Crippen LogP contribution in [0.5, 0.6) is 5.75 Å². The highest BCUT2D eigenvalue weighted by molar-refractivity contribution is 5.96. The van der Waals surface area contributed by atoms with E-state index in [1.54, 1.807) is 31.2 Å². The van der Waals surface area contributed by atoms with E-state index in [1.807, 2.05) is 0 Å². The van der Waals surface area contributed by atoms with Crippen molar-refractivity contribution >= 4 is 11.9 Å². The van der Waals surface area contributed by atoms with Gasteiger partial charge in [-0.05, 0) is 38.1 Å². The maximum absolute atomic E-state index is 11.8. The zero-order chi connectivity index (χ0) is 13.7. The van der Waals surface area contributed by atoms with E-state index in [0.29, 0.717) is 17.0 Å². The molecule has 0 aliphatic rings. The summed E-state index contributed by atoms with van der Waals surface area (Å²) in [6.45, 7) is 2.98. The molecule has 96 valence electrons. The second-order valence-electron chi connectivity index (χ2n) is 3.74. The van der Waals surface area contributed by atoms with E-state index >= 15 is 0 Å². The Morgan fingerprint density at radius 1 is 1.17 bits per heavy atom. The number of carboxylic acids is 1. The number of carbonyl (C=O) groups excluding carboxylic acids is 1. The van der Waals surface area contributed by atoms with Crippen LogP contribution in [0.2, 0.25) is 0 Å². The molecule has 1 aromatic carbocycles. The van der Waals surface area contributed by atoms with E-state index in [-0.39, 0.29) is 11.5 Å². The van der Waals surface area contributed by atoms with Gasteiger partial charge in [0.25, 0.3) is 5.91 Å². The molecular formula is C13H15NO4. The molecule has 18 heavy (non-hydrogen) atoms. The van der Waals surface area contributed by atoms with Crippen LogP contribution >= 0.6 is 0 Å². The number of methoxy groups -OCH3 is 1. The van der Waals surface area contributed by atoms with Crippen molar-refractivity contribution in [3.05, 3.63) is 41.1 Å². The Bertz CT molecular complexity index is 488. The fourth-order valence-corrected chi connectivity index (χ4v) is 1.24. The molecule has 0 spiro atoms. The molecule has 2 N–H and O–H groups in total. The van der Waals surface area contributed by atoms with Gasteiger partial charge in [0, 0.05) is 11.3 Å². The largest absolute Gasteiger partial charge is 0.497 e. The highest BCUT2D eigenvalue weighted by Gasteiger charge is 2.10. The van der Waals surface area contributed by atoms with Gasteiger partial charge in [-0.15, -0.1) is 0 Å². The molecule has 0 heterocycles. The highest BCUT2D eigenvalue weighted by Crippen LogP contribution is 2.11. The monoisotopic (exact) mass is 249 g/mol. The lowest BCUT2D eigenvalue weighted by atomic mass is 10.2. The minimum atomic E-state index is -1.05. The zero-order valence-corrected chi connectivity index (χ0v) is 10.5. The molecule has 0 radical (unpaired) electrons. The summed E-state index contributed by atoms with van der Waals surface area (Å²) in [6, 6.07) is 6.55. The Labute approximate surface area is 105 Å². The van der Waals surface area contributed by atoms with Crippen molar-refractivity contribution < 1.29 is 19.4 Å². The van der Waals surface area contributed by atoms with Crippen molar-refractivity contribution in [3.63, 3.8) is 0 Å². The van der Waals surface area contributed by atoms with Crippen LogP contribution < -0.4 is 10.1 Å². The van der Waals surface area contributed by atoms with Crippen LogP contribution in [-0.4, -0.2) is 24.1 Å². The average molecular weight is 249 g/mol. The van der Waals surface area contributed by atoms with Gasteiger partial charge >= 0.3 is 5.97 Å². The van der Waals surface area contributed by atoms with E-state index in [9.17, 15) is 9.59 Å². The van der Waals surface area contributed by atoms with Crippen LogP contribution in [0.3, 0.4) is 0 Å². The maximum Gasteiger partial charge on any atom is 0.333 e. The van der Waals surface area contributed by atoms with Crippen molar-refractivity contribution in [1.29, 1.82) is 0 Å². The standard InChI is InChI=1S/C13H15NO4/c1-8(13(16)17)9(2)14-12(15)10-4-6-11(18-3)7-5-10/h4-7H,1-3H3,(H,14,15)(H,16,17)/b9-8+. The van der Waals surface area contributed by atoms with Crippen LogP contribution in [0.1, 0.15) is 24.2 Å². The SMILES string of the molecule is COc1ccc(C(=O)N/C(C)=C(\C)C(=O)O)cc1. The number of aliphatic carboxylic acids is 1. The molecule has 0 saturated carbocycles. The lowest BCUT2D eigenvalue weighted by molar-refractivity contribution is -0.132. The number of hydrogen-bond donors (Lipinski definition) is 2. The summed E-state index contributed by atoms with van der Waals surface area (Å²) in [5.41, 5.74) is 0.869. The van der Waals surface area contributed by atoms with Gasteiger partial charge in [-0.3, -0.25) is 4.79 Å². The predicted molar refractivity (Wildman–Crippen MR) is 66.5 cm³/mol. The van der Waals surface area contributed by atoms with Crippen molar-refractivity contribution in [3.8, 4) is 5.75 Å². The number of nitrogens with one attached hydrogen (secondary N) is 1. The van der Waals surface area contributed by atoms with Gasteiger partial charge < -0.3 is 15.2 Å². The summed E-state index contributed by atoms with van der Waals surface area (Å²) < 4.78 is 4.98. The third kappa shape index (κ3) is 3.35. The van der Waals surface area contributed by atoms with Crippen LogP contribution in [0.25, 0.3) is 0 Å². The highest BCUT2D eigenvalue weighted by atomic mass is 16.5. The number of ether oxygens (including phenoxy) is 1. The van der Waals surface area contributed by atoms with Crippen LogP contribution in [-0.2, 0) is 4.79 Å². The van der Waals surface area contributed by atoms with Crippen LogP contribution in [0, 0.1) is 0 Å². The van der Waals surface area contributed by atoms with Gasteiger partial charge in [0.1, 0.15) is 5.75 Å². The number of benzene rings is 1. The summed E-state index contributed by atoms with van der Waals surface area (Å²) >= 11 is 0. The van der Waals surface area contributed by atoms with Gasteiger partial charge in [0.05, 0.1) is 12.7 Å². The second-order valence-corrected chi connectivity index (χ2v) is 3.74. The number of rotatable bonds is 4. The summed E-state index contributed by atoms with van der Waals surface area (Å²) in [5.74, 6) is -0.751. The first-order valence-electron chi connectivity index (χ1n) is 5.32. The minimum absolute atomic E-state index is 0.108. The molecule has 0 aromatic heterocycles. The van der Waals surface area contributed by atoms with Gasteiger partial charge in [-0.25, -0.2) is 4.79 Å². The predicted octanol–water partition coefficient (Wildman–Crippen LogP) is 1.80. The average Bonchev–Trinajstić information content (AvgIpc) is 2.37. The normalized spacial score (nSPS) is 11.5. The molecule has 0 unspecified atom stereocenters. The number of allylic oxidation sites excluding steroid dienone is 1. The molecule has 1 rings (SSSR count). The molecule has 0 saturated heterocycles. The fourth-order valence-electron chi connectivity index (χ4n) is 1.24. The smallest absolute Gasteiger partial charge is 0.333 e. The maximum atomic E-state index is 11.8. The van der Waals surface area contributed by atoms with Crippen LogP contribution in [0.15, 0.2) is 35.5 Å². The topological polar surface area (TPSA) is 75.6 Å². The van der Waals surface area contributed by atoms with E-state index in [1.165, 1.54) is 14.0 Å². The van der Waals surface area contributed by atoms with Crippen molar-refractivity contribution in [2.45, 2.75) is 13.8 Å². The van der Waals surface area contributed by atoms with Crippen molar-refractivity contribution in [2.24, 2.45) is 0 Å². The van der Waals surface area contributed by atoms with E-state index in [0.717, 1.165) is 0 Å². The zero-order valence-electron chi connectivity index (χ0n) is 10.5. The van der Waals surface area contributed by atoms with Gasteiger partial charge in [-0.2, -0.15) is 0 Å². The first kappa shape index (κ1) is 13.8. The molecular weight excluding hydrogens is 234 g/mol. The molecule has 5 heteroatoms. The number of carbonyl (C=O) groups is 2. The Morgan fingerprint density at radius 3 is 2.17 bits per heavy atom. The van der Waals surface area contributed by atoms with Crippen LogP contribution in [0.4, 0.5) is 0 Å². The van der Waals surface area contributed by atoms with Crippen molar-refractivity contribution in [1.82, 2.24) is 5.32 Å². The lowest BCUT2D eigenvalue weighted by Gasteiger charge is -2.07. The van der Waals surface area contributed by atoms with E-state index < -0.39 is 5.97 Å². The van der Waals surface area contributed by atoms with Gasteiger partial charge in [0.15, 0.2) is 0 Å². The molecule has 1 aromatic rings. The Morgan fingerprint density at radius 2 is 1.72 bits per heavy atom. The number of hydrogen-bond acceptors (Lipinski definition) is 3. The molecule has 0 aliphatic carbocycles. The lowest BCUT2D eigenvalue weighted by Crippen LogP contribution is -2.23. The third-order valence-corrected chi connectivity index (χ3v) is 2.54. The molecule has 0 bridgehead atoms. The van der Waals surface area contributed by atoms with E-state index in [2.05, 4.69) is 5.32 Å². The van der Waals surface area contributed by atoms with E-state index in [4.69, 9.17) is 9.84 Å². The first-order valence-corrected chi connectivity index (χ1v) is 5.32. The Balaban J connectivity index is 2.82. The number of amides is 1. The molecule has 1 amide bonds. The van der Waals surface area contributed by atoms with Crippen molar-refractivity contribution in [2.75, 3.05) is 7.11 Å². The summed E-state index contributed by atoms with van der Waals surface area (Å²) in [7, 11) is 1.54. The molecule has 0 aliphatic heterocycles. The quantitative estimate of drug-likeness (QED) is 0.798. The third-order valence-electron chi connectivity index (χ3n) is 2.54. The molecule has 5 nitrogen and oxygen atoms in total. The Hall–Kier alpha value is -2.30. The summed E-state index contributed by atoms with van der Waals surface area (Å²) in [6.07, 6.45) is 0.